The van der Waals surface area contributed by atoms with Crippen LogP contribution in [0.15, 0.2) is 36.0 Å². The Kier molecular flexibility index (Phi) is 12.6. The number of hydrogen-bond donors (Lipinski definition) is 2. The fourth-order valence-electron chi connectivity index (χ4n) is 2.29. The van der Waals surface area contributed by atoms with Gasteiger partial charge in [0.1, 0.15) is 11.6 Å². The van der Waals surface area contributed by atoms with Crippen LogP contribution in [-0.2, 0) is 14.3 Å². The minimum Gasteiger partial charge on any atom is -0.462 e. The third-order valence-electron chi connectivity index (χ3n) is 3.99. The van der Waals surface area contributed by atoms with Crippen LogP contribution in [0.25, 0.3) is 0 Å². The number of benzene rings is 1. The Bertz CT molecular complexity index is 710. The van der Waals surface area contributed by atoms with Crippen molar-refractivity contribution < 1.29 is 19.1 Å². The minimum atomic E-state index is -0.590. The number of amides is 1. The number of ether oxygens (including phenoxy) is 2. The number of nitriles is 1. The van der Waals surface area contributed by atoms with Crippen LogP contribution < -0.4 is 10.6 Å². The molecule has 0 fully saturated rings. The Morgan fingerprint density at radius 3 is 2.48 bits per heavy atom. The molecule has 1 rings (SSSR count). The molecule has 2 N–H and O–H groups in total. The topological polar surface area (TPSA) is 100 Å². The van der Waals surface area contributed by atoms with E-state index in [1.165, 1.54) is 6.20 Å². The highest BCUT2D eigenvalue weighted by atomic mass is 16.5. The first-order valence-corrected chi connectivity index (χ1v) is 10.1. The van der Waals surface area contributed by atoms with Gasteiger partial charge >= 0.3 is 5.97 Å². The number of rotatable bonds is 14. The molecule has 0 unspecified atom stereocenters. The molecule has 158 valence electrons. The number of nitrogens with one attached hydrogen (secondary N) is 2. The summed E-state index contributed by atoms with van der Waals surface area (Å²) in [5.74, 6) is -1.09. The van der Waals surface area contributed by atoms with Crippen LogP contribution in [0.4, 0.5) is 5.69 Å². The van der Waals surface area contributed by atoms with E-state index < -0.39 is 11.9 Å². The SMILES string of the molecule is CCCCOCCCN/C=C(/C#N)C(=O)Nc1ccccc1C(=O)OCCCC. The smallest absolute Gasteiger partial charge is 0.340 e. The fraction of sp³-hybridized carbons (Fsp3) is 0.500. The molecular weight excluding hydrogens is 370 g/mol. The van der Waals surface area contributed by atoms with Crippen LogP contribution in [0.3, 0.4) is 0 Å². The van der Waals surface area contributed by atoms with Gasteiger partial charge in [0.25, 0.3) is 5.91 Å². The summed E-state index contributed by atoms with van der Waals surface area (Å²) in [5, 5.41) is 14.8. The molecule has 1 aromatic rings. The second kappa shape index (κ2) is 15.1. The molecular formula is C22H31N3O4. The Morgan fingerprint density at radius 2 is 1.76 bits per heavy atom. The highest BCUT2D eigenvalue weighted by molar-refractivity contribution is 6.09. The van der Waals surface area contributed by atoms with Gasteiger partial charge < -0.3 is 20.1 Å². The molecule has 29 heavy (non-hydrogen) atoms. The van der Waals surface area contributed by atoms with Gasteiger partial charge in [-0.1, -0.05) is 38.8 Å². The lowest BCUT2D eigenvalue weighted by molar-refractivity contribution is -0.112. The van der Waals surface area contributed by atoms with Gasteiger partial charge in [0, 0.05) is 26.0 Å². The average molecular weight is 402 g/mol. The van der Waals surface area contributed by atoms with Crippen molar-refractivity contribution in [1.82, 2.24) is 5.32 Å². The van der Waals surface area contributed by atoms with Crippen LogP contribution in [0.1, 0.15) is 56.3 Å². The molecule has 0 aliphatic heterocycles. The van der Waals surface area contributed by atoms with Crippen molar-refractivity contribution in [3.05, 3.63) is 41.6 Å². The van der Waals surface area contributed by atoms with E-state index in [0.29, 0.717) is 25.4 Å². The summed E-state index contributed by atoms with van der Waals surface area (Å²) >= 11 is 0. The van der Waals surface area contributed by atoms with Crippen molar-refractivity contribution in [2.45, 2.75) is 46.0 Å². The van der Waals surface area contributed by atoms with E-state index in [-0.39, 0.29) is 11.1 Å². The number of nitrogens with zero attached hydrogens (tertiary/aromatic N) is 1. The van der Waals surface area contributed by atoms with E-state index >= 15 is 0 Å². The van der Waals surface area contributed by atoms with Crippen molar-refractivity contribution in [3.63, 3.8) is 0 Å². The molecule has 1 aromatic carbocycles. The Labute approximate surface area is 173 Å². The number of unbranched alkanes of at least 4 members (excludes halogenated alkanes) is 2. The zero-order valence-electron chi connectivity index (χ0n) is 17.3. The van der Waals surface area contributed by atoms with Crippen LogP contribution >= 0.6 is 0 Å². The molecule has 0 aromatic heterocycles. The molecule has 0 heterocycles. The van der Waals surface area contributed by atoms with Crippen molar-refractivity contribution >= 4 is 17.6 Å². The van der Waals surface area contributed by atoms with E-state index in [4.69, 9.17) is 9.47 Å². The molecule has 0 bridgehead atoms. The normalized spacial score (nSPS) is 10.9. The third-order valence-corrected chi connectivity index (χ3v) is 3.99. The summed E-state index contributed by atoms with van der Waals surface area (Å²) < 4.78 is 10.7. The first kappa shape index (κ1) is 24.2. The summed E-state index contributed by atoms with van der Waals surface area (Å²) in [5.41, 5.74) is 0.488. The van der Waals surface area contributed by atoms with Crippen molar-refractivity contribution in [2.75, 3.05) is 31.7 Å². The maximum absolute atomic E-state index is 12.4. The maximum atomic E-state index is 12.4. The Hall–Kier alpha value is -2.85. The molecule has 0 atom stereocenters. The quantitative estimate of drug-likeness (QED) is 0.213. The molecule has 7 nitrogen and oxygen atoms in total. The summed E-state index contributed by atoms with van der Waals surface area (Å²) in [6.45, 7) is 6.40. The fourth-order valence-corrected chi connectivity index (χ4v) is 2.29. The molecule has 0 saturated carbocycles. The van der Waals surface area contributed by atoms with Gasteiger partial charge in [0.2, 0.25) is 0 Å². The Balaban J connectivity index is 2.58. The highest BCUT2D eigenvalue weighted by Crippen LogP contribution is 2.17. The molecule has 0 aliphatic carbocycles. The van der Waals surface area contributed by atoms with Crippen LogP contribution in [0, 0.1) is 11.3 Å². The average Bonchev–Trinajstić information content (AvgIpc) is 2.73. The molecule has 0 radical (unpaired) electrons. The van der Waals surface area contributed by atoms with E-state index in [1.807, 2.05) is 13.0 Å². The zero-order valence-corrected chi connectivity index (χ0v) is 17.3. The van der Waals surface area contributed by atoms with Gasteiger partial charge in [-0.2, -0.15) is 5.26 Å². The number of esters is 1. The highest BCUT2D eigenvalue weighted by Gasteiger charge is 2.16. The lowest BCUT2D eigenvalue weighted by Crippen LogP contribution is -2.19. The van der Waals surface area contributed by atoms with Gasteiger partial charge in [0.15, 0.2) is 0 Å². The molecule has 0 saturated heterocycles. The lowest BCUT2D eigenvalue weighted by Gasteiger charge is -2.10. The summed E-state index contributed by atoms with van der Waals surface area (Å²) in [6.07, 6.45) is 5.98. The van der Waals surface area contributed by atoms with Gasteiger partial charge in [-0.15, -0.1) is 0 Å². The van der Waals surface area contributed by atoms with Crippen LogP contribution in [0.2, 0.25) is 0 Å². The molecule has 7 heteroatoms. The number of carbonyl (C=O) groups excluding carboxylic acids is 2. The van der Waals surface area contributed by atoms with Crippen molar-refractivity contribution in [2.24, 2.45) is 0 Å². The standard InChI is InChI=1S/C22H31N3O4/c1-3-5-13-28-14-9-12-24-17-18(16-23)21(26)25-20-11-8-7-10-19(20)22(27)29-15-6-4-2/h7-8,10-11,17,24H,3-6,9,12-15H2,1-2H3,(H,25,26)/b18-17-. The number of anilines is 1. The van der Waals surface area contributed by atoms with E-state index in [1.54, 1.807) is 24.3 Å². The van der Waals surface area contributed by atoms with Crippen molar-refractivity contribution in [1.29, 1.82) is 5.26 Å². The molecule has 1 amide bonds. The predicted molar refractivity (Wildman–Crippen MR) is 112 cm³/mol. The first-order chi connectivity index (χ1) is 14.1. The number of carbonyl (C=O) groups is 2. The molecule has 0 spiro atoms. The van der Waals surface area contributed by atoms with Crippen LogP contribution in [0.5, 0.6) is 0 Å². The summed E-state index contributed by atoms with van der Waals surface area (Å²) in [6, 6.07) is 8.44. The summed E-state index contributed by atoms with van der Waals surface area (Å²) in [7, 11) is 0. The summed E-state index contributed by atoms with van der Waals surface area (Å²) in [4.78, 5) is 24.6. The third kappa shape index (κ3) is 9.77. The van der Waals surface area contributed by atoms with Crippen molar-refractivity contribution in [3.8, 4) is 6.07 Å². The van der Waals surface area contributed by atoms with Gasteiger partial charge in [-0.25, -0.2) is 4.79 Å². The zero-order chi connectivity index (χ0) is 21.3. The first-order valence-electron chi connectivity index (χ1n) is 10.1. The Morgan fingerprint density at radius 1 is 1.07 bits per heavy atom. The number of para-hydroxylation sites is 1. The van der Waals surface area contributed by atoms with E-state index in [9.17, 15) is 14.9 Å². The van der Waals surface area contributed by atoms with E-state index in [0.717, 1.165) is 38.7 Å². The predicted octanol–water partition coefficient (Wildman–Crippen LogP) is 3.79. The van der Waals surface area contributed by atoms with Gasteiger partial charge in [0.05, 0.1) is 17.9 Å². The largest absolute Gasteiger partial charge is 0.462 e. The monoisotopic (exact) mass is 401 g/mol. The van der Waals surface area contributed by atoms with Gasteiger partial charge in [-0.05, 0) is 31.4 Å². The second-order valence-electron chi connectivity index (χ2n) is 6.43. The molecule has 0 aliphatic rings. The van der Waals surface area contributed by atoms with E-state index in [2.05, 4.69) is 17.6 Å². The lowest BCUT2D eigenvalue weighted by atomic mass is 10.1. The van der Waals surface area contributed by atoms with Gasteiger partial charge in [-0.3, -0.25) is 4.79 Å². The number of hydrogen-bond acceptors (Lipinski definition) is 6. The maximum Gasteiger partial charge on any atom is 0.340 e. The van der Waals surface area contributed by atoms with Crippen LogP contribution in [-0.4, -0.2) is 38.2 Å². The minimum absolute atomic E-state index is 0.0777. The second-order valence-corrected chi connectivity index (χ2v) is 6.43.